The van der Waals surface area contributed by atoms with Crippen LogP contribution in [0.3, 0.4) is 0 Å². The van der Waals surface area contributed by atoms with Gasteiger partial charge in [0.25, 0.3) is 0 Å². The van der Waals surface area contributed by atoms with Crippen LogP contribution in [0.5, 0.6) is 0 Å². The number of halogens is 1. The van der Waals surface area contributed by atoms with Gasteiger partial charge in [0.1, 0.15) is 23.9 Å². The Balaban J connectivity index is 1.70. The van der Waals surface area contributed by atoms with Gasteiger partial charge in [0.15, 0.2) is 0 Å². The summed E-state index contributed by atoms with van der Waals surface area (Å²) >= 11 is 0. The third-order valence-corrected chi connectivity index (χ3v) is 6.16. The van der Waals surface area contributed by atoms with Crippen LogP contribution in [0.2, 0.25) is 0 Å². The number of nitrogens with one attached hydrogen (secondary N) is 1. The zero-order valence-corrected chi connectivity index (χ0v) is 18.1. The summed E-state index contributed by atoms with van der Waals surface area (Å²) in [5, 5.41) is 12.8. The molecule has 168 valence electrons. The van der Waals surface area contributed by atoms with Gasteiger partial charge in [0, 0.05) is 23.9 Å². The van der Waals surface area contributed by atoms with Crippen molar-refractivity contribution >= 4 is 11.7 Å². The van der Waals surface area contributed by atoms with Crippen molar-refractivity contribution in [2.75, 3.05) is 12.4 Å². The van der Waals surface area contributed by atoms with Gasteiger partial charge in [-0.3, -0.25) is 0 Å². The van der Waals surface area contributed by atoms with Gasteiger partial charge >= 0.3 is 5.97 Å². The van der Waals surface area contributed by atoms with E-state index in [2.05, 4.69) is 5.32 Å². The van der Waals surface area contributed by atoms with Gasteiger partial charge in [-0.05, 0) is 73.4 Å². The quantitative estimate of drug-likeness (QED) is 0.412. The number of rotatable bonds is 8. The molecule has 4 rings (SSSR count). The molecule has 0 bridgehead atoms. The predicted molar refractivity (Wildman–Crippen MR) is 121 cm³/mol. The zero-order chi connectivity index (χ0) is 22.5. The molecule has 1 unspecified atom stereocenters. The van der Waals surface area contributed by atoms with Gasteiger partial charge in [-0.2, -0.15) is 0 Å². The minimum absolute atomic E-state index is 0.00548. The molecule has 1 atom stereocenters. The molecular formula is C26H28FNO4. The van der Waals surface area contributed by atoms with Crippen LogP contribution in [0, 0.1) is 11.7 Å². The number of anilines is 1. The van der Waals surface area contributed by atoms with E-state index in [1.54, 1.807) is 43.5 Å². The van der Waals surface area contributed by atoms with E-state index in [0.29, 0.717) is 18.3 Å². The second-order valence-corrected chi connectivity index (χ2v) is 8.33. The standard InChI is InChI=1S/C26H28FNO4/c1-31-16-24-22(15-23(32-24)17-7-11-20(27)12-8-17)25(18-5-3-2-4-6-18)28-21-13-9-19(10-14-21)26(29)30/h7-15,18,25,28H,2-6,16H2,1H3,(H,29,30). The molecule has 5 nitrogen and oxygen atoms in total. The molecule has 1 aliphatic rings. The summed E-state index contributed by atoms with van der Waals surface area (Å²) in [6, 6.07) is 15.1. The van der Waals surface area contributed by atoms with Crippen LogP contribution in [0.15, 0.2) is 59.0 Å². The summed E-state index contributed by atoms with van der Waals surface area (Å²) in [5.41, 5.74) is 2.95. The van der Waals surface area contributed by atoms with Crippen LogP contribution in [0.4, 0.5) is 10.1 Å². The highest BCUT2D eigenvalue weighted by atomic mass is 19.1. The Morgan fingerprint density at radius 3 is 2.44 bits per heavy atom. The number of hydrogen-bond acceptors (Lipinski definition) is 4. The van der Waals surface area contributed by atoms with Crippen molar-refractivity contribution in [3.05, 3.63) is 77.3 Å². The molecule has 0 amide bonds. The molecule has 3 aromatic rings. The maximum atomic E-state index is 13.4. The summed E-state index contributed by atoms with van der Waals surface area (Å²) < 4.78 is 25.0. The Morgan fingerprint density at radius 1 is 1.12 bits per heavy atom. The average molecular weight is 438 g/mol. The van der Waals surface area contributed by atoms with Gasteiger partial charge < -0.3 is 19.6 Å². The molecule has 2 N–H and O–H groups in total. The third-order valence-electron chi connectivity index (χ3n) is 6.16. The largest absolute Gasteiger partial charge is 0.478 e. The number of benzene rings is 2. The molecule has 2 aromatic carbocycles. The SMILES string of the molecule is COCc1oc(-c2ccc(F)cc2)cc1C(Nc1ccc(C(=O)O)cc1)C1CCCCC1. The number of ether oxygens (including phenoxy) is 1. The lowest BCUT2D eigenvalue weighted by molar-refractivity contribution is 0.0697. The van der Waals surface area contributed by atoms with E-state index in [1.165, 1.54) is 31.4 Å². The van der Waals surface area contributed by atoms with Crippen molar-refractivity contribution in [2.45, 2.75) is 44.8 Å². The number of carboxylic acid groups (broad SMARTS) is 1. The van der Waals surface area contributed by atoms with Crippen molar-refractivity contribution in [2.24, 2.45) is 5.92 Å². The summed E-state index contributed by atoms with van der Waals surface area (Å²) in [7, 11) is 1.64. The lowest BCUT2D eigenvalue weighted by Crippen LogP contribution is -2.24. The van der Waals surface area contributed by atoms with E-state index in [-0.39, 0.29) is 17.4 Å². The van der Waals surface area contributed by atoms with Crippen molar-refractivity contribution < 1.29 is 23.4 Å². The Morgan fingerprint density at radius 2 is 1.81 bits per heavy atom. The Labute approximate surface area is 187 Å². The van der Waals surface area contributed by atoms with E-state index in [1.807, 2.05) is 6.07 Å². The highest BCUT2D eigenvalue weighted by molar-refractivity contribution is 5.88. The van der Waals surface area contributed by atoms with Crippen LogP contribution in [0.1, 0.15) is 59.8 Å². The number of aromatic carboxylic acids is 1. The number of furan rings is 1. The van der Waals surface area contributed by atoms with Crippen molar-refractivity contribution in [1.29, 1.82) is 0 Å². The van der Waals surface area contributed by atoms with Gasteiger partial charge in [0.2, 0.25) is 0 Å². The van der Waals surface area contributed by atoms with Crippen LogP contribution in [0.25, 0.3) is 11.3 Å². The number of hydrogen-bond donors (Lipinski definition) is 2. The Bertz CT molecular complexity index is 1040. The minimum Gasteiger partial charge on any atom is -0.478 e. The molecule has 1 aromatic heterocycles. The second kappa shape index (κ2) is 10.0. The summed E-state index contributed by atoms with van der Waals surface area (Å²) in [5.74, 6) is 0.607. The summed E-state index contributed by atoms with van der Waals surface area (Å²) in [6.07, 6.45) is 5.82. The first-order valence-corrected chi connectivity index (χ1v) is 11.0. The number of carbonyl (C=O) groups is 1. The summed E-state index contributed by atoms with van der Waals surface area (Å²) in [4.78, 5) is 11.2. The first-order valence-electron chi connectivity index (χ1n) is 11.0. The van der Waals surface area contributed by atoms with Crippen molar-refractivity contribution in [3.8, 4) is 11.3 Å². The fraction of sp³-hybridized carbons (Fsp3) is 0.346. The number of carboxylic acids is 1. The van der Waals surface area contributed by atoms with Crippen LogP contribution in [-0.4, -0.2) is 18.2 Å². The third kappa shape index (κ3) is 5.02. The van der Waals surface area contributed by atoms with Crippen LogP contribution < -0.4 is 5.32 Å². The predicted octanol–water partition coefficient (Wildman–Crippen LogP) is 6.66. The van der Waals surface area contributed by atoms with Gasteiger partial charge in [0.05, 0.1) is 11.6 Å². The molecule has 1 aliphatic carbocycles. The molecule has 32 heavy (non-hydrogen) atoms. The van der Waals surface area contributed by atoms with Crippen LogP contribution >= 0.6 is 0 Å². The number of methoxy groups -OCH3 is 1. The molecule has 0 radical (unpaired) electrons. The molecule has 0 spiro atoms. The lowest BCUT2D eigenvalue weighted by atomic mass is 9.81. The van der Waals surface area contributed by atoms with Crippen molar-refractivity contribution in [3.63, 3.8) is 0 Å². The highest BCUT2D eigenvalue weighted by Crippen LogP contribution is 2.40. The first-order chi connectivity index (χ1) is 15.5. The smallest absolute Gasteiger partial charge is 0.335 e. The zero-order valence-electron chi connectivity index (χ0n) is 18.1. The molecule has 1 heterocycles. The highest BCUT2D eigenvalue weighted by Gasteiger charge is 2.29. The van der Waals surface area contributed by atoms with Crippen molar-refractivity contribution in [1.82, 2.24) is 0 Å². The second-order valence-electron chi connectivity index (χ2n) is 8.33. The minimum atomic E-state index is -0.943. The molecule has 6 heteroatoms. The van der Waals surface area contributed by atoms with Gasteiger partial charge in [-0.15, -0.1) is 0 Å². The molecular weight excluding hydrogens is 409 g/mol. The Hall–Kier alpha value is -3.12. The fourth-order valence-electron chi connectivity index (χ4n) is 4.51. The Kier molecular flexibility index (Phi) is 6.90. The average Bonchev–Trinajstić information content (AvgIpc) is 3.22. The topological polar surface area (TPSA) is 71.7 Å². The monoisotopic (exact) mass is 437 g/mol. The summed E-state index contributed by atoms with van der Waals surface area (Å²) in [6.45, 7) is 0.333. The molecule has 1 saturated carbocycles. The van der Waals surface area contributed by atoms with E-state index in [9.17, 15) is 14.3 Å². The van der Waals surface area contributed by atoms with Gasteiger partial charge in [-0.25, -0.2) is 9.18 Å². The maximum Gasteiger partial charge on any atom is 0.335 e. The fourth-order valence-corrected chi connectivity index (χ4v) is 4.51. The van der Waals surface area contributed by atoms with Crippen LogP contribution in [-0.2, 0) is 11.3 Å². The molecule has 0 saturated heterocycles. The molecule has 1 fully saturated rings. The van der Waals surface area contributed by atoms with Gasteiger partial charge in [-0.1, -0.05) is 19.3 Å². The molecule has 0 aliphatic heterocycles. The van der Waals surface area contributed by atoms with E-state index in [0.717, 1.165) is 35.4 Å². The van der Waals surface area contributed by atoms with E-state index < -0.39 is 5.97 Å². The normalized spacial score (nSPS) is 15.4. The lowest BCUT2D eigenvalue weighted by Gasteiger charge is -2.32. The van der Waals surface area contributed by atoms with E-state index >= 15 is 0 Å². The first kappa shape index (κ1) is 22.1. The maximum absolute atomic E-state index is 13.4. The van der Waals surface area contributed by atoms with E-state index in [4.69, 9.17) is 9.15 Å².